The highest BCUT2D eigenvalue weighted by Gasteiger charge is 2.05. The molecule has 4 heteroatoms. The van der Waals surface area contributed by atoms with E-state index in [0.29, 0.717) is 9.77 Å². The highest BCUT2D eigenvalue weighted by molar-refractivity contribution is 7.80. The number of benzene rings is 1. The van der Waals surface area contributed by atoms with Crippen LogP contribution in [0.4, 0.5) is 4.39 Å². The number of rotatable bonds is 0. The van der Waals surface area contributed by atoms with E-state index in [1.807, 2.05) is 6.07 Å². The van der Waals surface area contributed by atoms with Gasteiger partial charge in [-0.2, -0.15) is 5.26 Å². The predicted molar refractivity (Wildman–Crippen MR) is 53.8 cm³/mol. The normalized spacial score (nSPS) is 10.2. The largest absolute Gasteiger partial charge is 0.207 e. The minimum atomic E-state index is -0.320. The molecule has 13 heavy (non-hydrogen) atoms. The van der Waals surface area contributed by atoms with E-state index in [1.54, 1.807) is 6.07 Å². The zero-order valence-corrected chi connectivity index (χ0v) is 8.12. The maximum atomic E-state index is 12.9. The van der Waals surface area contributed by atoms with Gasteiger partial charge in [0.15, 0.2) is 0 Å². The lowest BCUT2D eigenvalue weighted by molar-refractivity contribution is 0.627. The standard InChI is InChI=1S/C9H4FNS2/c10-6-1-5-2-7(4-11)13-9(5)8(12)3-6/h1-3,12H. The second-order valence-electron chi connectivity index (χ2n) is 2.57. The van der Waals surface area contributed by atoms with Crippen molar-refractivity contribution in [2.75, 3.05) is 0 Å². The van der Waals surface area contributed by atoms with Gasteiger partial charge in [0.2, 0.25) is 0 Å². The fourth-order valence-electron chi connectivity index (χ4n) is 1.15. The third kappa shape index (κ3) is 1.41. The van der Waals surface area contributed by atoms with Crippen molar-refractivity contribution in [1.82, 2.24) is 0 Å². The molecule has 2 rings (SSSR count). The van der Waals surface area contributed by atoms with Crippen molar-refractivity contribution in [2.45, 2.75) is 4.90 Å². The molecule has 0 N–H and O–H groups in total. The van der Waals surface area contributed by atoms with Crippen molar-refractivity contribution in [3.8, 4) is 6.07 Å². The van der Waals surface area contributed by atoms with Gasteiger partial charge in [-0.15, -0.1) is 24.0 Å². The highest BCUT2D eigenvalue weighted by Crippen LogP contribution is 2.31. The third-order valence-corrected chi connectivity index (χ3v) is 3.26. The zero-order valence-electron chi connectivity index (χ0n) is 6.41. The van der Waals surface area contributed by atoms with E-state index in [0.717, 1.165) is 10.1 Å². The summed E-state index contributed by atoms with van der Waals surface area (Å²) >= 11 is 5.46. The van der Waals surface area contributed by atoms with Crippen molar-refractivity contribution in [3.63, 3.8) is 0 Å². The van der Waals surface area contributed by atoms with Crippen LogP contribution in [-0.2, 0) is 0 Å². The van der Waals surface area contributed by atoms with E-state index in [1.165, 1.54) is 23.5 Å². The maximum absolute atomic E-state index is 12.9. The summed E-state index contributed by atoms with van der Waals surface area (Å²) in [6.45, 7) is 0. The molecule has 1 aromatic heterocycles. The van der Waals surface area contributed by atoms with Gasteiger partial charge in [-0.25, -0.2) is 4.39 Å². The van der Waals surface area contributed by atoms with Gasteiger partial charge in [0.05, 0.1) is 0 Å². The average Bonchev–Trinajstić information content (AvgIpc) is 2.47. The molecule has 0 saturated heterocycles. The number of hydrogen-bond donors (Lipinski definition) is 1. The molecule has 2 aromatic rings. The topological polar surface area (TPSA) is 23.8 Å². The van der Waals surface area contributed by atoms with Crippen LogP contribution in [0, 0.1) is 17.1 Å². The number of nitrogens with zero attached hydrogens (tertiary/aromatic N) is 1. The quantitative estimate of drug-likeness (QED) is 0.662. The van der Waals surface area contributed by atoms with E-state index in [4.69, 9.17) is 5.26 Å². The second kappa shape index (κ2) is 3.02. The Morgan fingerprint density at radius 1 is 1.38 bits per heavy atom. The number of thiophene rings is 1. The van der Waals surface area contributed by atoms with Gasteiger partial charge >= 0.3 is 0 Å². The molecule has 0 bridgehead atoms. The molecule has 0 atom stereocenters. The maximum Gasteiger partial charge on any atom is 0.125 e. The Balaban J connectivity index is 2.84. The Labute approximate surface area is 83.8 Å². The van der Waals surface area contributed by atoms with Crippen LogP contribution < -0.4 is 0 Å². The summed E-state index contributed by atoms with van der Waals surface area (Å²) in [6, 6.07) is 6.45. The Hall–Kier alpha value is -1.05. The van der Waals surface area contributed by atoms with Gasteiger partial charge in [-0.1, -0.05) is 0 Å². The molecule has 0 amide bonds. The molecule has 0 aliphatic carbocycles. The van der Waals surface area contributed by atoms with E-state index < -0.39 is 0 Å². The fraction of sp³-hybridized carbons (Fsp3) is 0. The first-order valence-electron chi connectivity index (χ1n) is 3.53. The minimum absolute atomic E-state index is 0.320. The van der Waals surface area contributed by atoms with Gasteiger partial charge in [0.25, 0.3) is 0 Å². The third-order valence-electron chi connectivity index (χ3n) is 1.67. The number of hydrogen-bond acceptors (Lipinski definition) is 3. The second-order valence-corrected chi connectivity index (χ2v) is 4.10. The van der Waals surface area contributed by atoms with Crippen LogP contribution >= 0.6 is 24.0 Å². The number of nitriles is 1. The van der Waals surface area contributed by atoms with E-state index in [-0.39, 0.29) is 5.82 Å². The van der Waals surface area contributed by atoms with Gasteiger partial charge in [-0.3, -0.25) is 0 Å². The summed E-state index contributed by atoms with van der Waals surface area (Å²) in [5.41, 5.74) is 0. The predicted octanol–water partition coefficient (Wildman–Crippen LogP) is 3.20. The smallest absolute Gasteiger partial charge is 0.125 e. The first kappa shape index (κ1) is 8.54. The summed E-state index contributed by atoms with van der Waals surface area (Å²) in [6.07, 6.45) is 0. The molecule has 64 valence electrons. The lowest BCUT2D eigenvalue weighted by Gasteiger charge is -1.93. The summed E-state index contributed by atoms with van der Waals surface area (Å²) < 4.78 is 13.7. The molecule has 0 aliphatic rings. The zero-order chi connectivity index (χ0) is 9.42. The minimum Gasteiger partial charge on any atom is -0.207 e. The van der Waals surface area contributed by atoms with E-state index >= 15 is 0 Å². The monoisotopic (exact) mass is 209 g/mol. The molecule has 0 spiro atoms. The summed E-state index contributed by atoms with van der Waals surface area (Å²) in [7, 11) is 0. The Kier molecular flexibility index (Phi) is 1.98. The van der Waals surface area contributed by atoms with Crippen LogP contribution in [-0.4, -0.2) is 0 Å². The SMILES string of the molecule is N#Cc1cc2cc(F)cc(S)c2s1. The Morgan fingerprint density at radius 3 is 2.85 bits per heavy atom. The Bertz CT molecular complexity index is 510. The lowest BCUT2D eigenvalue weighted by Crippen LogP contribution is -1.73. The average molecular weight is 209 g/mol. The van der Waals surface area contributed by atoms with Crippen molar-refractivity contribution in [2.24, 2.45) is 0 Å². The van der Waals surface area contributed by atoms with E-state index in [2.05, 4.69) is 12.6 Å². The van der Waals surface area contributed by atoms with Gasteiger partial charge in [0.1, 0.15) is 16.8 Å². The molecule has 1 aromatic carbocycles. The van der Waals surface area contributed by atoms with Gasteiger partial charge in [0, 0.05) is 9.60 Å². The molecule has 0 radical (unpaired) electrons. The van der Waals surface area contributed by atoms with Crippen LogP contribution in [0.15, 0.2) is 23.1 Å². The molecule has 0 aliphatic heterocycles. The van der Waals surface area contributed by atoms with E-state index in [9.17, 15) is 4.39 Å². The molecule has 0 unspecified atom stereocenters. The Morgan fingerprint density at radius 2 is 2.15 bits per heavy atom. The van der Waals surface area contributed by atoms with Crippen LogP contribution in [0.1, 0.15) is 4.88 Å². The van der Waals surface area contributed by atoms with Crippen LogP contribution in [0.25, 0.3) is 10.1 Å². The number of thiol groups is 1. The van der Waals surface area contributed by atoms with Gasteiger partial charge in [-0.05, 0) is 23.6 Å². The molecule has 0 saturated carbocycles. The summed E-state index contributed by atoms with van der Waals surface area (Å²) in [5, 5.41) is 9.38. The molecule has 0 fully saturated rings. The summed E-state index contributed by atoms with van der Waals surface area (Å²) in [4.78, 5) is 1.16. The van der Waals surface area contributed by atoms with Crippen molar-refractivity contribution in [3.05, 3.63) is 28.9 Å². The first-order chi connectivity index (χ1) is 6.20. The first-order valence-corrected chi connectivity index (χ1v) is 4.79. The van der Waals surface area contributed by atoms with Crippen molar-refractivity contribution in [1.29, 1.82) is 5.26 Å². The van der Waals surface area contributed by atoms with Gasteiger partial charge < -0.3 is 0 Å². The molecular formula is C9H4FNS2. The van der Waals surface area contributed by atoms with Crippen LogP contribution in [0.5, 0.6) is 0 Å². The highest BCUT2D eigenvalue weighted by atomic mass is 32.1. The molecule has 1 heterocycles. The lowest BCUT2D eigenvalue weighted by atomic mass is 10.2. The van der Waals surface area contributed by atoms with Crippen LogP contribution in [0.2, 0.25) is 0 Å². The number of halogens is 1. The molecule has 1 nitrogen and oxygen atoms in total. The molecular weight excluding hydrogens is 205 g/mol. The van der Waals surface area contributed by atoms with Crippen molar-refractivity contribution < 1.29 is 4.39 Å². The fourth-order valence-corrected chi connectivity index (χ4v) is 2.39. The summed E-state index contributed by atoms with van der Waals surface area (Å²) in [5.74, 6) is -0.320. The van der Waals surface area contributed by atoms with Crippen molar-refractivity contribution >= 4 is 34.1 Å². The van der Waals surface area contributed by atoms with Crippen LogP contribution in [0.3, 0.4) is 0 Å². The number of fused-ring (bicyclic) bond motifs is 1.